The number of nitrogens with one attached hydrogen (secondary N) is 2. The Morgan fingerprint density at radius 2 is 1.82 bits per heavy atom. The first-order valence-electron chi connectivity index (χ1n) is 9.66. The van der Waals surface area contributed by atoms with Crippen molar-refractivity contribution in [1.82, 2.24) is 4.98 Å². The first-order chi connectivity index (χ1) is 13.5. The van der Waals surface area contributed by atoms with E-state index in [0.29, 0.717) is 5.92 Å². The number of hydrogen-bond acceptors (Lipinski definition) is 4. The lowest BCUT2D eigenvalue weighted by atomic mass is 9.97. The summed E-state index contributed by atoms with van der Waals surface area (Å²) in [4.78, 5) is 17.2. The molecule has 2 N–H and O–H groups in total. The van der Waals surface area contributed by atoms with Crippen molar-refractivity contribution in [2.24, 2.45) is 0 Å². The van der Waals surface area contributed by atoms with Crippen molar-refractivity contribution in [1.29, 1.82) is 0 Å². The molecule has 2 aromatic carbocycles. The maximum atomic E-state index is 12.7. The van der Waals surface area contributed by atoms with Gasteiger partial charge in [0.15, 0.2) is 0 Å². The highest BCUT2D eigenvalue weighted by Gasteiger charge is 2.16. The van der Waals surface area contributed by atoms with Gasteiger partial charge in [0, 0.05) is 22.3 Å². The van der Waals surface area contributed by atoms with E-state index >= 15 is 0 Å². The molecular formula is C23H27N3OS. The van der Waals surface area contributed by atoms with Crippen LogP contribution in [0.4, 0.5) is 11.4 Å². The number of amides is 1. The number of nitrogens with zero attached hydrogens (tertiary/aromatic N) is 1. The van der Waals surface area contributed by atoms with Gasteiger partial charge in [-0.05, 0) is 49.9 Å². The van der Waals surface area contributed by atoms with Crippen molar-refractivity contribution in [2.75, 3.05) is 10.6 Å². The quantitative estimate of drug-likeness (QED) is 0.512. The average molecular weight is 394 g/mol. The molecule has 4 nitrogen and oxygen atoms in total. The van der Waals surface area contributed by atoms with Gasteiger partial charge < -0.3 is 10.6 Å². The zero-order valence-corrected chi connectivity index (χ0v) is 17.6. The van der Waals surface area contributed by atoms with Gasteiger partial charge in [0.05, 0.1) is 10.7 Å². The minimum Gasteiger partial charge on any atom is -0.374 e. The van der Waals surface area contributed by atoms with Crippen molar-refractivity contribution in [3.8, 4) is 11.3 Å². The Hall–Kier alpha value is -2.66. The van der Waals surface area contributed by atoms with Crippen molar-refractivity contribution >= 4 is 28.6 Å². The van der Waals surface area contributed by atoms with Crippen molar-refractivity contribution in [3.05, 3.63) is 64.5 Å². The third-order valence-electron chi connectivity index (χ3n) is 4.94. The number of carbonyl (C=O) groups excluding carboxylic acids is 1. The molecule has 0 radical (unpaired) electrons. The van der Waals surface area contributed by atoms with E-state index in [0.717, 1.165) is 34.1 Å². The smallest absolute Gasteiger partial charge is 0.246 e. The van der Waals surface area contributed by atoms with Crippen molar-refractivity contribution < 1.29 is 4.79 Å². The van der Waals surface area contributed by atoms with E-state index in [4.69, 9.17) is 0 Å². The lowest BCUT2D eigenvalue weighted by Crippen LogP contribution is -2.32. The van der Waals surface area contributed by atoms with Gasteiger partial charge in [-0.1, -0.05) is 44.2 Å². The molecule has 1 amide bonds. The fourth-order valence-electron chi connectivity index (χ4n) is 3.05. The van der Waals surface area contributed by atoms with E-state index in [-0.39, 0.29) is 11.9 Å². The summed E-state index contributed by atoms with van der Waals surface area (Å²) in [6, 6.07) is 15.7. The molecular weight excluding hydrogens is 366 g/mol. The summed E-state index contributed by atoms with van der Waals surface area (Å²) in [7, 11) is 0. The molecule has 3 aromatic rings. The number of hydrogen-bond donors (Lipinski definition) is 2. The van der Waals surface area contributed by atoms with Gasteiger partial charge in [-0.2, -0.15) is 0 Å². The topological polar surface area (TPSA) is 54.0 Å². The summed E-state index contributed by atoms with van der Waals surface area (Å²) in [5.41, 5.74) is 5.04. The standard InChI is InChI=1S/C23H27N3OS/c1-5-15(2)20-8-6-7-9-21(20)26-23(27)16(3)24-19-12-10-18(11-13-19)22-14-28-17(4)25-22/h6-16,24H,5H2,1-4H3,(H,26,27)/t15-,16+/m0/s1. The van der Waals surface area contributed by atoms with Crippen LogP contribution in [0.15, 0.2) is 53.9 Å². The predicted molar refractivity (Wildman–Crippen MR) is 119 cm³/mol. The molecule has 0 spiro atoms. The monoisotopic (exact) mass is 393 g/mol. The van der Waals surface area contributed by atoms with Gasteiger partial charge in [0.1, 0.15) is 6.04 Å². The van der Waals surface area contributed by atoms with Crippen LogP contribution in [-0.4, -0.2) is 16.9 Å². The number of aromatic nitrogens is 1. The molecule has 0 aliphatic rings. The molecule has 0 bridgehead atoms. The maximum absolute atomic E-state index is 12.7. The number of anilines is 2. The van der Waals surface area contributed by atoms with Crippen LogP contribution in [-0.2, 0) is 4.79 Å². The van der Waals surface area contributed by atoms with Crippen molar-refractivity contribution in [2.45, 2.75) is 46.1 Å². The van der Waals surface area contributed by atoms with Crippen LogP contribution in [0.5, 0.6) is 0 Å². The van der Waals surface area contributed by atoms with Crippen LogP contribution in [0.25, 0.3) is 11.3 Å². The highest BCUT2D eigenvalue weighted by Crippen LogP contribution is 2.27. The van der Waals surface area contributed by atoms with Gasteiger partial charge in [0.25, 0.3) is 0 Å². The van der Waals surface area contributed by atoms with E-state index < -0.39 is 0 Å². The second-order valence-electron chi connectivity index (χ2n) is 7.08. The van der Waals surface area contributed by atoms with Gasteiger partial charge in [0.2, 0.25) is 5.91 Å². The van der Waals surface area contributed by atoms with Gasteiger partial charge in [-0.3, -0.25) is 4.79 Å². The second-order valence-corrected chi connectivity index (χ2v) is 8.14. The number of benzene rings is 2. The number of aryl methyl sites for hydroxylation is 1. The lowest BCUT2D eigenvalue weighted by Gasteiger charge is -2.19. The molecule has 2 atom stereocenters. The van der Waals surface area contributed by atoms with Crippen LogP contribution < -0.4 is 10.6 Å². The molecule has 5 heteroatoms. The first kappa shape index (κ1) is 20.1. The highest BCUT2D eigenvalue weighted by molar-refractivity contribution is 7.09. The normalized spacial score (nSPS) is 13.0. The van der Waals surface area contributed by atoms with Crippen LogP contribution in [0.2, 0.25) is 0 Å². The Bertz CT molecular complexity index is 933. The molecule has 1 heterocycles. The summed E-state index contributed by atoms with van der Waals surface area (Å²) in [6.07, 6.45) is 1.03. The average Bonchev–Trinajstić information content (AvgIpc) is 3.14. The number of para-hydroxylation sites is 1. The molecule has 0 saturated carbocycles. The Balaban J connectivity index is 1.65. The number of thiazole rings is 1. The van der Waals surface area contributed by atoms with Crippen molar-refractivity contribution in [3.63, 3.8) is 0 Å². The number of carbonyl (C=O) groups is 1. The van der Waals surface area contributed by atoms with Crippen LogP contribution in [0.1, 0.15) is 43.7 Å². The zero-order valence-electron chi connectivity index (χ0n) is 16.8. The lowest BCUT2D eigenvalue weighted by molar-refractivity contribution is -0.116. The van der Waals surface area contributed by atoms with Crippen LogP contribution >= 0.6 is 11.3 Å². The molecule has 0 fully saturated rings. The minimum absolute atomic E-state index is 0.0463. The Morgan fingerprint density at radius 3 is 2.46 bits per heavy atom. The molecule has 28 heavy (non-hydrogen) atoms. The second kappa shape index (κ2) is 9.02. The summed E-state index contributed by atoms with van der Waals surface area (Å²) < 4.78 is 0. The van der Waals surface area contributed by atoms with E-state index in [1.807, 2.05) is 56.3 Å². The van der Waals surface area contributed by atoms with E-state index in [2.05, 4.69) is 40.9 Å². The molecule has 1 aromatic heterocycles. The molecule has 0 saturated heterocycles. The minimum atomic E-state index is -0.350. The Labute approximate surface area is 171 Å². The van der Waals surface area contributed by atoms with E-state index in [1.165, 1.54) is 5.56 Å². The van der Waals surface area contributed by atoms with Gasteiger partial charge in [-0.25, -0.2) is 4.98 Å². The highest BCUT2D eigenvalue weighted by atomic mass is 32.1. The summed E-state index contributed by atoms with van der Waals surface area (Å²) >= 11 is 1.64. The molecule has 146 valence electrons. The van der Waals surface area contributed by atoms with E-state index in [9.17, 15) is 4.79 Å². The fraction of sp³-hybridized carbons (Fsp3) is 0.304. The van der Waals surface area contributed by atoms with E-state index in [1.54, 1.807) is 11.3 Å². The fourth-order valence-corrected chi connectivity index (χ4v) is 3.67. The molecule has 0 aliphatic heterocycles. The maximum Gasteiger partial charge on any atom is 0.246 e. The SMILES string of the molecule is CC[C@H](C)c1ccccc1NC(=O)[C@@H](C)Nc1ccc(-c2csc(C)n2)cc1. The predicted octanol–water partition coefficient (Wildman–Crippen LogP) is 6.07. The third-order valence-corrected chi connectivity index (χ3v) is 5.71. The summed E-state index contributed by atoms with van der Waals surface area (Å²) in [6.45, 7) is 8.21. The number of rotatable bonds is 7. The molecule has 0 aliphatic carbocycles. The van der Waals surface area contributed by atoms with Gasteiger partial charge >= 0.3 is 0 Å². The Morgan fingerprint density at radius 1 is 1.11 bits per heavy atom. The Kier molecular flexibility index (Phi) is 6.47. The van der Waals surface area contributed by atoms with Gasteiger partial charge in [-0.15, -0.1) is 11.3 Å². The first-order valence-corrected chi connectivity index (χ1v) is 10.5. The van der Waals surface area contributed by atoms with Crippen LogP contribution in [0.3, 0.4) is 0 Å². The summed E-state index contributed by atoms with van der Waals surface area (Å²) in [5, 5.41) is 9.47. The molecule has 0 unspecified atom stereocenters. The zero-order chi connectivity index (χ0) is 20.1. The van der Waals surface area contributed by atoms with Crippen LogP contribution in [0, 0.1) is 6.92 Å². The third kappa shape index (κ3) is 4.78. The molecule has 3 rings (SSSR count). The largest absolute Gasteiger partial charge is 0.374 e. The summed E-state index contributed by atoms with van der Waals surface area (Å²) in [5.74, 6) is 0.358.